The smallest absolute Gasteiger partial charge is 0.422 e. The summed E-state index contributed by atoms with van der Waals surface area (Å²) >= 11 is 0. The van der Waals surface area contributed by atoms with E-state index in [-0.39, 0.29) is 30.9 Å². The van der Waals surface area contributed by atoms with E-state index in [1.807, 2.05) is 0 Å². The van der Waals surface area contributed by atoms with Gasteiger partial charge in [-0.25, -0.2) is 0 Å². The summed E-state index contributed by atoms with van der Waals surface area (Å²) in [5, 5.41) is 4.71. The van der Waals surface area contributed by atoms with Gasteiger partial charge in [-0.3, -0.25) is 29.3 Å². The van der Waals surface area contributed by atoms with Crippen LogP contribution in [0.5, 0.6) is 0 Å². The summed E-state index contributed by atoms with van der Waals surface area (Å²) in [7, 11) is 0. The third kappa shape index (κ3) is 8.84. The van der Waals surface area contributed by atoms with Gasteiger partial charge < -0.3 is 24.6 Å². The maximum Gasteiger partial charge on any atom is 0.461 e. The molecule has 260 valence electrons. The average Bonchev–Trinajstić information content (AvgIpc) is 3.48. The molecule has 11 nitrogen and oxygen atoms in total. The number of ether oxygens (including phenoxy) is 2. The van der Waals surface area contributed by atoms with Gasteiger partial charge in [-0.2, -0.15) is 22.0 Å². The van der Waals surface area contributed by atoms with Gasteiger partial charge >= 0.3 is 18.1 Å². The van der Waals surface area contributed by atoms with Crippen molar-refractivity contribution in [2.45, 2.75) is 71.6 Å². The summed E-state index contributed by atoms with van der Waals surface area (Å²) in [5.41, 5.74) is -0.213. The Hall–Kier alpha value is -4.08. The predicted octanol–water partition coefficient (Wildman–Crippen LogP) is 3.65. The highest BCUT2D eigenvalue weighted by Gasteiger charge is 2.63. The van der Waals surface area contributed by atoms with Gasteiger partial charge in [0.15, 0.2) is 0 Å². The fourth-order valence-corrected chi connectivity index (χ4v) is 5.36. The van der Waals surface area contributed by atoms with Crippen molar-refractivity contribution in [3.8, 4) is 0 Å². The molecule has 0 bridgehead atoms. The molecule has 2 fully saturated rings. The first kappa shape index (κ1) is 37.4. The number of carbonyl (C=O) groups is 5. The van der Waals surface area contributed by atoms with Gasteiger partial charge in [-0.1, -0.05) is 27.7 Å². The van der Waals surface area contributed by atoms with E-state index in [4.69, 9.17) is 4.74 Å². The van der Waals surface area contributed by atoms with E-state index in [0.29, 0.717) is 38.8 Å². The number of likely N-dealkylation sites (tertiary alicyclic amines) is 1. The molecule has 2 saturated heterocycles. The van der Waals surface area contributed by atoms with Crippen molar-refractivity contribution in [2.24, 2.45) is 11.8 Å². The molecule has 0 unspecified atom stereocenters. The minimum absolute atomic E-state index is 0.00546. The molecule has 1 aromatic rings. The number of hydrogen-bond donors (Lipinski definition) is 2. The highest BCUT2D eigenvalue weighted by Crippen LogP contribution is 2.45. The molecular weight excluding hydrogens is 635 g/mol. The summed E-state index contributed by atoms with van der Waals surface area (Å²) < 4.78 is 79.3. The Balaban J connectivity index is 1.79. The quantitative estimate of drug-likeness (QED) is 0.218. The molecule has 2 N–H and O–H groups in total. The van der Waals surface area contributed by atoms with E-state index < -0.39 is 71.2 Å². The molecule has 1 aromatic carbocycles. The number of carbonyl (C=O) groups excluding carboxylic acids is 5. The summed E-state index contributed by atoms with van der Waals surface area (Å²) in [6.45, 7) is 8.08. The second kappa shape index (κ2) is 15.2. The number of morpholine rings is 1. The molecule has 2 aliphatic heterocycles. The van der Waals surface area contributed by atoms with Crippen molar-refractivity contribution in [1.82, 2.24) is 20.4 Å². The third-order valence-electron chi connectivity index (χ3n) is 7.71. The maximum absolute atomic E-state index is 14.7. The number of alkyl halides is 5. The zero-order valence-corrected chi connectivity index (χ0v) is 26.7. The van der Waals surface area contributed by atoms with Crippen LogP contribution in [0.4, 0.5) is 22.0 Å². The molecule has 0 radical (unpaired) electrons. The van der Waals surface area contributed by atoms with Crippen molar-refractivity contribution in [3.05, 3.63) is 46.8 Å². The summed E-state index contributed by atoms with van der Waals surface area (Å²) in [6, 6.07) is 3.17. The van der Waals surface area contributed by atoms with Crippen molar-refractivity contribution in [3.63, 3.8) is 0 Å². The molecule has 47 heavy (non-hydrogen) atoms. The number of esters is 1. The van der Waals surface area contributed by atoms with Crippen LogP contribution in [-0.4, -0.2) is 96.4 Å². The molecule has 4 amide bonds. The summed E-state index contributed by atoms with van der Waals surface area (Å²) in [4.78, 5) is 66.5. The first-order valence-corrected chi connectivity index (χ1v) is 15.1. The zero-order chi connectivity index (χ0) is 35.3. The number of rotatable bonds is 10. The molecule has 0 spiro atoms. The number of imide groups is 1. The van der Waals surface area contributed by atoms with Crippen molar-refractivity contribution in [1.29, 1.82) is 0 Å². The number of amides is 4. The summed E-state index contributed by atoms with van der Waals surface area (Å²) in [5.74, 6) is -13.3. The second-order valence-corrected chi connectivity index (χ2v) is 11.9. The SMILES string of the molecule is CC(=O)O/C(=C(/C(C)C)N1CCC[C@H]1C(=O)NC(=O)[C@@H](NC(=O)c1ccc(C(=O)N2CCOCC2)cc1)C(C)C)C(F)(F)C(F)(F)F. The first-order valence-electron chi connectivity index (χ1n) is 15.1. The third-order valence-corrected chi connectivity index (χ3v) is 7.71. The number of nitrogens with one attached hydrogen (secondary N) is 2. The zero-order valence-electron chi connectivity index (χ0n) is 26.7. The van der Waals surface area contributed by atoms with E-state index >= 15 is 0 Å². The summed E-state index contributed by atoms with van der Waals surface area (Å²) in [6.07, 6.45) is -5.91. The molecule has 2 heterocycles. The minimum Gasteiger partial charge on any atom is -0.422 e. The van der Waals surface area contributed by atoms with Crippen molar-refractivity contribution < 1.29 is 55.4 Å². The van der Waals surface area contributed by atoms with Crippen LogP contribution in [0.3, 0.4) is 0 Å². The van der Waals surface area contributed by atoms with Crippen molar-refractivity contribution >= 4 is 29.6 Å². The fourth-order valence-electron chi connectivity index (χ4n) is 5.36. The average molecular weight is 675 g/mol. The van der Waals surface area contributed by atoms with Gasteiger partial charge in [-0.15, -0.1) is 0 Å². The van der Waals surface area contributed by atoms with E-state index in [2.05, 4.69) is 15.4 Å². The maximum atomic E-state index is 14.7. The minimum atomic E-state index is -6.10. The predicted molar refractivity (Wildman–Crippen MR) is 157 cm³/mol. The van der Waals surface area contributed by atoms with Crippen LogP contribution in [0, 0.1) is 11.8 Å². The monoisotopic (exact) mass is 674 g/mol. The first-order chi connectivity index (χ1) is 21.9. The normalized spacial score (nSPS) is 18.5. The van der Waals surface area contributed by atoms with Gasteiger partial charge in [0.25, 0.3) is 11.8 Å². The van der Waals surface area contributed by atoms with Crippen LogP contribution < -0.4 is 10.6 Å². The Labute approximate surface area is 268 Å². The van der Waals surface area contributed by atoms with Gasteiger partial charge in [-0.05, 0) is 48.9 Å². The number of allylic oxidation sites excluding steroid dienone is 2. The number of hydrogen-bond acceptors (Lipinski definition) is 8. The Morgan fingerprint density at radius 3 is 2.00 bits per heavy atom. The van der Waals surface area contributed by atoms with Gasteiger partial charge in [0.1, 0.15) is 12.1 Å². The second-order valence-electron chi connectivity index (χ2n) is 11.9. The Morgan fingerprint density at radius 1 is 0.915 bits per heavy atom. The van der Waals surface area contributed by atoms with Gasteiger partial charge in [0.2, 0.25) is 17.6 Å². The molecule has 0 saturated carbocycles. The van der Waals surface area contributed by atoms with E-state index in [0.717, 1.165) is 4.90 Å². The van der Waals surface area contributed by atoms with Crippen LogP contribution in [-0.2, 0) is 23.9 Å². The fraction of sp³-hybridized carbons (Fsp3) is 0.581. The lowest BCUT2D eigenvalue weighted by Gasteiger charge is -2.34. The molecule has 16 heteroatoms. The molecule has 3 rings (SSSR count). The van der Waals surface area contributed by atoms with E-state index in [1.165, 1.54) is 38.1 Å². The van der Waals surface area contributed by atoms with E-state index in [9.17, 15) is 45.9 Å². The molecule has 2 aliphatic rings. The van der Waals surface area contributed by atoms with Gasteiger partial charge in [0, 0.05) is 37.7 Å². The van der Waals surface area contributed by atoms with Crippen LogP contribution in [0.15, 0.2) is 35.7 Å². The Bertz CT molecular complexity index is 1370. The highest BCUT2D eigenvalue weighted by atomic mass is 19.4. The number of nitrogens with zero attached hydrogens (tertiary/aromatic N) is 2. The lowest BCUT2D eigenvalue weighted by molar-refractivity contribution is -0.276. The van der Waals surface area contributed by atoms with E-state index in [1.54, 1.807) is 18.7 Å². The number of benzene rings is 1. The van der Waals surface area contributed by atoms with Crippen LogP contribution in [0.2, 0.25) is 0 Å². The largest absolute Gasteiger partial charge is 0.461 e. The van der Waals surface area contributed by atoms with Gasteiger partial charge in [0.05, 0.1) is 18.9 Å². The number of halogens is 5. The molecule has 0 aliphatic carbocycles. The topological polar surface area (TPSA) is 134 Å². The lowest BCUT2D eigenvalue weighted by atomic mass is 10.0. The van der Waals surface area contributed by atoms with Crippen LogP contribution in [0.1, 0.15) is 68.2 Å². The van der Waals surface area contributed by atoms with Crippen LogP contribution in [0.25, 0.3) is 0 Å². The standard InChI is InChI=1S/C31H39F5N4O7/c1-17(2)23(37-26(42)20-8-10-21(11-9-20)29(45)39-13-15-46-16-14-39)28(44)38-27(43)22-7-6-12-40(22)24(18(3)4)25(47-19(5)41)30(32,33)31(34,35)36/h8-11,17-18,22-23H,6-7,12-16H2,1-5H3,(H,37,42)(H,38,43,44)/b25-24-/t22-,23-/m0/s1. The Morgan fingerprint density at radius 2 is 1.49 bits per heavy atom. The lowest BCUT2D eigenvalue weighted by Crippen LogP contribution is -2.54. The molecule has 0 aromatic heterocycles. The Kier molecular flexibility index (Phi) is 12.1. The molecule has 2 atom stereocenters. The molecular formula is C31H39F5N4O7. The highest BCUT2D eigenvalue weighted by molar-refractivity contribution is 6.03. The van der Waals surface area contributed by atoms with Crippen LogP contribution >= 0.6 is 0 Å². The van der Waals surface area contributed by atoms with Crippen molar-refractivity contribution in [2.75, 3.05) is 32.8 Å².